The zero-order chi connectivity index (χ0) is 23.7. The summed E-state index contributed by atoms with van der Waals surface area (Å²) < 4.78 is 15.6. The Morgan fingerprint density at radius 3 is 1.47 bits per heavy atom. The van der Waals surface area contributed by atoms with Crippen molar-refractivity contribution in [1.29, 1.82) is 0 Å². The normalized spacial score (nSPS) is 13.0. The summed E-state index contributed by atoms with van der Waals surface area (Å²) >= 11 is 0. The molecule has 36 heavy (non-hydrogen) atoms. The van der Waals surface area contributed by atoms with Gasteiger partial charge in [0.2, 0.25) is 0 Å². The van der Waals surface area contributed by atoms with Crippen LogP contribution in [0.4, 0.5) is 0 Å². The summed E-state index contributed by atoms with van der Waals surface area (Å²) in [6.45, 7) is 4.53. The molecule has 0 aliphatic heterocycles. The Bertz CT molecular complexity index is 2180. The molecule has 4 aromatic heterocycles. The van der Waals surface area contributed by atoms with Crippen LogP contribution in [0, 0.1) is 0 Å². The lowest BCUT2D eigenvalue weighted by molar-refractivity contribution is 0.670. The predicted molar refractivity (Wildman–Crippen MR) is 150 cm³/mol. The third-order valence-electron chi connectivity index (χ3n) is 8.09. The molecule has 0 N–H and O–H groups in total. The second-order valence-electron chi connectivity index (χ2n) is 10.3. The van der Waals surface area contributed by atoms with Crippen molar-refractivity contribution in [2.75, 3.05) is 0 Å². The Hall–Kier alpha value is -4.50. The molecule has 4 heterocycles. The van der Waals surface area contributed by atoms with E-state index in [0.29, 0.717) is 5.92 Å². The van der Waals surface area contributed by atoms with Gasteiger partial charge in [-0.05, 0) is 47.9 Å². The quantitative estimate of drug-likeness (QED) is 0.242. The molecule has 0 atom stereocenters. The predicted octanol–water partition coefficient (Wildman–Crippen LogP) is 9.76. The van der Waals surface area contributed by atoms with Crippen LogP contribution in [0.3, 0.4) is 0 Å². The molecule has 170 valence electrons. The van der Waals surface area contributed by atoms with Crippen molar-refractivity contribution in [1.82, 2.24) is 4.40 Å². The summed E-state index contributed by atoms with van der Waals surface area (Å²) in [7, 11) is 0. The van der Waals surface area contributed by atoms with Crippen LogP contribution in [0.15, 0.2) is 93.8 Å². The number of hydrogen-bond acceptors (Lipinski definition) is 2. The number of fused-ring (bicyclic) bond motifs is 14. The van der Waals surface area contributed by atoms with Crippen molar-refractivity contribution in [2.45, 2.75) is 19.8 Å². The van der Waals surface area contributed by atoms with Gasteiger partial charge in [-0.3, -0.25) is 0 Å². The zero-order valence-corrected chi connectivity index (χ0v) is 19.9. The van der Waals surface area contributed by atoms with Gasteiger partial charge in [0.1, 0.15) is 11.2 Å². The minimum absolute atomic E-state index is 0.429. The van der Waals surface area contributed by atoms with Crippen LogP contribution in [-0.2, 0) is 0 Å². The Morgan fingerprint density at radius 2 is 0.972 bits per heavy atom. The fourth-order valence-electron chi connectivity index (χ4n) is 6.41. The van der Waals surface area contributed by atoms with E-state index in [1.165, 1.54) is 32.6 Å². The maximum absolute atomic E-state index is 6.57. The molecule has 0 amide bonds. The smallest absolute Gasteiger partial charge is 0.160 e. The molecule has 0 fully saturated rings. The number of benzene rings is 5. The number of rotatable bonds is 1. The summed E-state index contributed by atoms with van der Waals surface area (Å²) in [4.78, 5) is 0. The molecule has 0 saturated carbocycles. The van der Waals surface area contributed by atoms with Gasteiger partial charge in [-0.2, -0.15) is 0 Å². The van der Waals surface area contributed by atoms with Crippen molar-refractivity contribution in [3.63, 3.8) is 0 Å². The molecule has 3 heteroatoms. The van der Waals surface area contributed by atoms with Crippen molar-refractivity contribution in [2.24, 2.45) is 0 Å². The van der Waals surface area contributed by atoms with E-state index in [1.54, 1.807) is 0 Å². The molecular weight excluding hydrogens is 442 g/mol. The maximum atomic E-state index is 6.57. The van der Waals surface area contributed by atoms with Crippen molar-refractivity contribution >= 4 is 82.0 Å². The van der Waals surface area contributed by atoms with Crippen LogP contribution in [-0.4, -0.2) is 4.40 Å². The fraction of sp³-hybridized carbons (Fsp3) is 0.0909. The van der Waals surface area contributed by atoms with E-state index in [9.17, 15) is 0 Å². The van der Waals surface area contributed by atoms with Crippen molar-refractivity contribution in [3.8, 4) is 0 Å². The summed E-state index contributed by atoms with van der Waals surface area (Å²) in [5, 5.41) is 9.58. The summed E-state index contributed by atoms with van der Waals surface area (Å²) in [6.07, 6.45) is 0. The summed E-state index contributed by atoms with van der Waals surface area (Å²) in [6, 6.07) is 30.4. The molecule has 3 nitrogen and oxygen atoms in total. The van der Waals surface area contributed by atoms with Crippen LogP contribution >= 0.6 is 0 Å². The molecule has 0 bridgehead atoms. The highest BCUT2D eigenvalue weighted by molar-refractivity contribution is 6.31. The first-order valence-electron chi connectivity index (χ1n) is 12.6. The van der Waals surface area contributed by atoms with Gasteiger partial charge in [0, 0.05) is 43.1 Å². The second-order valence-corrected chi connectivity index (χ2v) is 10.3. The van der Waals surface area contributed by atoms with Gasteiger partial charge in [-0.15, -0.1) is 0 Å². The number of aromatic nitrogens is 1. The van der Waals surface area contributed by atoms with Crippen molar-refractivity contribution in [3.05, 3.63) is 90.5 Å². The molecule has 0 spiro atoms. The summed E-state index contributed by atoms with van der Waals surface area (Å²) in [5.41, 5.74) is 8.53. The highest BCUT2D eigenvalue weighted by atomic mass is 16.3. The number of hydrogen-bond donors (Lipinski definition) is 0. The Balaban J connectivity index is 1.64. The average Bonchev–Trinajstić information content (AvgIpc) is 3.63. The van der Waals surface area contributed by atoms with E-state index in [1.807, 2.05) is 12.1 Å². The van der Waals surface area contributed by atoms with E-state index in [-0.39, 0.29) is 0 Å². The van der Waals surface area contributed by atoms with Gasteiger partial charge in [-0.25, -0.2) is 0 Å². The van der Waals surface area contributed by atoms with Crippen LogP contribution in [0.1, 0.15) is 25.3 Å². The molecule has 9 aromatic rings. The lowest BCUT2D eigenvalue weighted by Gasteiger charge is -2.06. The monoisotopic (exact) mass is 463 g/mol. The van der Waals surface area contributed by atoms with E-state index in [2.05, 4.69) is 91.0 Å². The molecule has 5 aromatic carbocycles. The highest BCUT2D eigenvalue weighted by Crippen LogP contribution is 2.47. The number of furan rings is 2. The third-order valence-corrected chi connectivity index (χ3v) is 8.09. The maximum Gasteiger partial charge on any atom is 0.160 e. The summed E-state index contributed by atoms with van der Waals surface area (Å²) in [5.74, 6) is 0.429. The minimum Gasteiger partial charge on any atom is -0.454 e. The Morgan fingerprint density at radius 1 is 0.500 bits per heavy atom. The first kappa shape index (κ1) is 18.8. The molecule has 0 radical (unpaired) electrons. The van der Waals surface area contributed by atoms with Gasteiger partial charge >= 0.3 is 0 Å². The van der Waals surface area contributed by atoms with E-state index in [4.69, 9.17) is 8.83 Å². The Kier molecular flexibility index (Phi) is 3.23. The number of nitrogens with zero attached hydrogens (tertiary/aromatic N) is 1. The van der Waals surface area contributed by atoms with Crippen LogP contribution in [0.25, 0.3) is 82.0 Å². The van der Waals surface area contributed by atoms with E-state index >= 15 is 0 Å². The lowest BCUT2D eigenvalue weighted by Crippen LogP contribution is -1.86. The standard InChI is InChI=1S/C33H21NO2/c1-17(2)18-15-25-21-11-13-23-19-7-3-5-9-27(19)35-32(23)30(21)34-29(25)26(16-18)22-12-14-24-20-8-4-6-10-28(20)36-33(24)31(22)34/h3-17H,1-2H3. The minimum atomic E-state index is 0.429. The SMILES string of the molecule is CC(C)c1cc2c3ccc4c5ccccc5oc4c3n3c2c(c1)c1ccc2c4ccccc4oc2c13. The molecule has 0 aliphatic rings. The third kappa shape index (κ3) is 2.07. The topological polar surface area (TPSA) is 30.7 Å². The van der Waals surface area contributed by atoms with Gasteiger partial charge in [0.15, 0.2) is 11.2 Å². The van der Waals surface area contributed by atoms with Gasteiger partial charge < -0.3 is 13.2 Å². The first-order chi connectivity index (χ1) is 17.7. The highest BCUT2D eigenvalue weighted by Gasteiger charge is 2.25. The van der Waals surface area contributed by atoms with E-state index < -0.39 is 0 Å². The van der Waals surface area contributed by atoms with Crippen LogP contribution in [0.2, 0.25) is 0 Å². The van der Waals surface area contributed by atoms with Crippen LogP contribution in [0.5, 0.6) is 0 Å². The molecule has 0 unspecified atom stereocenters. The molecule has 0 aliphatic carbocycles. The van der Waals surface area contributed by atoms with Crippen LogP contribution < -0.4 is 0 Å². The lowest BCUT2D eigenvalue weighted by atomic mass is 9.97. The fourth-order valence-corrected chi connectivity index (χ4v) is 6.41. The number of para-hydroxylation sites is 2. The molecule has 0 saturated heterocycles. The van der Waals surface area contributed by atoms with Gasteiger partial charge in [0.25, 0.3) is 0 Å². The van der Waals surface area contributed by atoms with Gasteiger partial charge in [0.05, 0.1) is 16.6 Å². The van der Waals surface area contributed by atoms with Gasteiger partial charge in [-0.1, -0.05) is 62.4 Å². The first-order valence-corrected chi connectivity index (χ1v) is 12.6. The van der Waals surface area contributed by atoms with E-state index in [0.717, 1.165) is 54.9 Å². The van der Waals surface area contributed by atoms with Crippen molar-refractivity contribution < 1.29 is 8.83 Å². The zero-order valence-electron chi connectivity index (χ0n) is 19.9. The second kappa shape index (κ2) is 6.19. The largest absolute Gasteiger partial charge is 0.454 e. The average molecular weight is 464 g/mol. The Labute approximate surface area is 205 Å². The molecular formula is C33H21NO2. The molecule has 9 rings (SSSR count).